The lowest BCUT2D eigenvalue weighted by Crippen LogP contribution is -2.28. The van der Waals surface area contributed by atoms with E-state index in [1.165, 1.54) is 11.1 Å². The molecule has 0 aliphatic carbocycles. The fourth-order valence-electron chi connectivity index (χ4n) is 2.15. The Morgan fingerprint density at radius 2 is 2.19 bits per heavy atom. The molecule has 1 aromatic rings. The van der Waals surface area contributed by atoms with Crippen LogP contribution < -0.4 is 5.73 Å². The van der Waals surface area contributed by atoms with Gasteiger partial charge in [0, 0.05) is 30.3 Å². The van der Waals surface area contributed by atoms with Crippen LogP contribution in [0.5, 0.6) is 0 Å². The quantitative estimate of drug-likeness (QED) is 0.632. The average Bonchev–Trinajstić information content (AvgIpc) is 2.15. The zero-order valence-electron chi connectivity index (χ0n) is 9.54. The molecule has 2 nitrogen and oxygen atoms in total. The zero-order valence-corrected chi connectivity index (χ0v) is 10.3. The molecule has 0 unspecified atom stereocenters. The van der Waals surface area contributed by atoms with E-state index in [2.05, 4.69) is 17.9 Å². The molecule has 0 atom stereocenters. The minimum Gasteiger partial charge on any atom is -0.399 e. The van der Waals surface area contributed by atoms with Gasteiger partial charge in [0.25, 0.3) is 0 Å². The van der Waals surface area contributed by atoms with E-state index < -0.39 is 0 Å². The Kier molecular flexibility index (Phi) is 3.52. The van der Waals surface area contributed by atoms with Crippen molar-refractivity contribution in [3.63, 3.8) is 0 Å². The van der Waals surface area contributed by atoms with Gasteiger partial charge in [-0.15, -0.1) is 0 Å². The van der Waals surface area contributed by atoms with Crippen molar-refractivity contribution in [3.05, 3.63) is 40.4 Å². The largest absolute Gasteiger partial charge is 0.399 e. The molecule has 86 valence electrons. The van der Waals surface area contributed by atoms with Gasteiger partial charge in [0.2, 0.25) is 0 Å². The van der Waals surface area contributed by atoms with Gasteiger partial charge < -0.3 is 5.73 Å². The molecule has 1 aliphatic heterocycles. The van der Waals surface area contributed by atoms with Crippen LogP contribution in [0.15, 0.2) is 29.8 Å². The summed E-state index contributed by atoms with van der Waals surface area (Å²) in [5.41, 5.74) is 9.16. The van der Waals surface area contributed by atoms with E-state index in [1.807, 2.05) is 12.1 Å². The number of nitrogens with zero attached hydrogens (tertiary/aromatic N) is 1. The van der Waals surface area contributed by atoms with E-state index >= 15 is 0 Å². The van der Waals surface area contributed by atoms with Gasteiger partial charge in [-0.2, -0.15) is 0 Å². The first-order valence-electron chi connectivity index (χ1n) is 5.56. The van der Waals surface area contributed by atoms with Crippen LogP contribution in [0, 0.1) is 0 Å². The zero-order chi connectivity index (χ0) is 11.5. The molecule has 16 heavy (non-hydrogen) atoms. The Hall–Kier alpha value is -0.990. The smallest absolute Gasteiger partial charge is 0.0429 e. The minimum atomic E-state index is 0.722. The van der Waals surface area contributed by atoms with Crippen molar-refractivity contribution in [3.8, 4) is 0 Å². The van der Waals surface area contributed by atoms with Crippen LogP contribution >= 0.6 is 11.6 Å². The van der Waals surface area contributed by atoms with E-state index in [9.17, 15) is 0 Å². The van der Waals surface area contributed by atoms with Gasteiger partial charge in [0.1, 0.15) is 0 Å². The Bertz CT molecular complexity index is 392. The molecular weight excluding hydrogens is 220 g/mol. The van der Waals surface area contributed by atoms with Gasteiger partial charge in [0.05, 0.1) is 0 Å². The van der Waals surface area contributed by atoms with Crippen LogP contribution in [-0.2, 0) is 6.54 Å². The average molecular weight is 237 g/mol. The molecule has 1 heterocycles. The third kappa shape index (κ3) is 3.00. The Balaban J connectivity index is 2.06. The maximum atomic E-state index is 5.99. The van der Waals surface area contributed by atoms with Crippen molar-refractivity contribution in [2.75, 3.05) is 18.8 Å². The molecule has 2 rings (SSSR count). The van der Waals surface area contributed by atoms with Crippen molar-refractivity contribution in [2.45, 2.75) is 19.9 Å². The predicted octanol–water partition coefficient (Wildman–Crippen LogP) is 3.07. The molecule has 0 radical (unpaired) electrons. The molecule has 0 spiro atoms. The maximum Gasteiger partial charge on any atom is 0.0429 e. The van der Waals surface area contributed by atoms with Crippen LogP contribution in [0.4, 0.5) is 5.69 Å². The topological polar surface area (TPSA) is 29.3 Å². The summed E-state index contributed by atoms with van der Waals surface area (Å²) >= 11 is 5.99. The van der Waals surface area contributed by atoms with Crippen molar-refractivity contribution >= 4 is 17.3 Å². The van der Waals surface area contributed by atoms with Crippen LogP contribution in [0.25, 0.3) is 0 Å². The van der Waals surface area contributed by atoms with E-state index in [-0.39, 0.29) is 0 Å². The Morgan fingerprint density at radius 3 is 2.88 bits per heavy atom. The monoisotopic (exact) mass is 236 g/mol. The van der Waals surface area contributed by atoms with E-state index in [4.69, 9.17) is 17.3 Å². The first kappa shape index (κ1) is 11.5. The number of nitrogens with two attached hydrogens (primary N) is 1. The summed E-state index contributed by atoms with van der Waals surface area (Å²) in [7, 11) is 0. The molecular formula is C13H17ClN2. The summed E-state index contributed by atoms with van der Waals surface area (Å²) in [5.74, 6) is 0. The molecule has 2 N–H and O–H groups in total. The first-order valence-corrected chi connectivity index (χ1v) is 5.94. The van der Waals surface area contributed by atoms with E-state index in [1.54, 1.807) is 6.07 Å². The summed E-state index contributed by atoms with van der Waals surface area (Å²) in [6.45, 7) is 5.27. The number of nitrogen functional groups attached to an aromatic ring is 1. The normalized spacial score (nSPS) is 17.2. The van der Waals surface area contributed by atoms with Crippen molar-refractivity contribution in [1.82, 2.24) is 4.90 Å². The number of anilines is 1. The summed E-state index contributed by atoms with van der Waals surface area (Å²) < 4.78 is 0. The van der Waals surface area contributed by atoms with Crippen LogP contribution in [0.1, 0.15) is 18.9 Å². The van der Waals surface area contributed by atoms with Gasteiger partial charge in [0.15, 0.2) is 0 Å². The van der Waals surface area contributed by atoms with Crippen LogP contribution in [0.3, 0.4) is 0 Å². The lowest BCUT2D eigenvalue weighted by Gasteiger charge is -2.26. The molecule has 0 aromatic heterocycles. The van der Waals surface area contributed by atoms with Gasteiger partial charge in [-0.25, -0.2) is 0 Å². The highest BCUT2D eigenvalue weighted by Crippen LogP contribution is 2.19. The molecule has 0 bridgehead atoms. The second kappa shape index (κ2) is 4.89. The third-order valence-corrected chi connectivity index (χ3v) is 3.02. The van der Waals surface area contributed by atoms with Gasteiger partial charge >= 0.3 is 0 Å². The summed E-state index contributed by atoms with van der Waals surface area (Å²) in [6.07, 6.45) is 3.45. The maximum absolute atomic E-state index is 5.99. The minimum absolute atomic E-state index is 0.722. The van der Waals surface area contributed by atoms with Crippen LogP contribution in [0.2, 0.25) is 5.02 Å². The van der Waals surface area contributed by atoms with Crippen LogP contribution in [-0.4, -0.2) is 18.0 Å². The molecule has 0 fully saturated rings. The highest BCUT2D eigenvalue weighted by atomic mass is 35.5. The molecule has 3 heteroatoms. The Labute approximate surface area is 102 Å². The number of hydrogen-bond acceptors (Lipinski definition) is 2. The van der Waals surface area contributed by atoms with E-state index in [0.29, 0.717) is 0 Å². The standard InChI is InChI=1S/C13H17ClN2/c1-10-3-2-4-16(8-10)9-11-5-12(14)7-13(15)6-11/h3,5-7H,2,4,8-9,15H2,1H3. The highest BCUT2D eigenvalue weighted by molar-refractivity contribution is 6.30. The molecule has 1 aromatic carbocycles. The lowest BCUT2D eigenvalue weighted by atomic mass is 10.1. The third-order valence-electron chi connectivity index (χ3n) is 2.80. The summed E-state index contributed by atoms with van der Waals surface area (Å²) in [5, 5.41) is 0.722. The molecule has 1 aliphatic rings. The van der Waals surface area contributed by atoms with Crippen molar-refractivity contribution < 1.29 is 0 Å². The highest BCUT2D eigenvalue weighted by Gasteiger charge is 2.10. The van der Waals surface area contributed by atoms with Crippen molar-refractivity contribution in [1.29, 1.82) is 0 Å². The molecule has 0 saturated heterocycles. The molecule has 0 amide bonds. The van der Waals surface area contributed by atoms with Gasteiger partial charge in [-0.3, -0.25) is 4.90 Å². The fourth-order valence-corrected chi connectivity index (χ4v) is 2.42. The first-order chi connectivity index (χ1) is 7.63. The number of benzene rings is 1. The second-order valence-electron chi connectivity index (χ2n) is 4.44. The fraction of sp³-hybridized carbons (Fsp3) is 0.385. The second-order valence-corrected chi connectivity index (χ2v) is 4.88. The number of halogens is 1. The number of hydrogen-bond donors (Lipinski definition) is 1. The van der Waals surface area contributed by atoms with Crippen molar-refractivity contribution in [2.24, 2.45) is 0 Å². The number of rotatable bonds is 2. The Morgan fingerprint density at radius 1 is 1.38 bits per heavy atom. The predicted molar refractivity (Wildman–Crippen MR) is 69.5 cm³/mol. The lowest BCUT2D eigenvalue weighted by molar-refractivity contribution is 0.282. The molecule has 0 saturated carbocycles. The summed E-state index contributed by atoms with van der Waals surface area (Å²) in [6, 6.07) is 5.78. The van der Waals surface area contributed by atoms with Gasteiger partial charge in [-0.05, 0) is 37.1 Å². The van der Waals surface area contributed by atoms with E-state index in [0.717, 1.165) is 36.8 Å². The SMILES string of the molecule is CC1=CCCN(Cc2cc(N)cc(Cl)c2)C1. The summed E-state index contributed by atoms with van der Waals surface area (Å²) in [4.78, 5) is 2.42. The van der Waals surface area contributed by atoms with Gasteiger partial charge in [-0.1, -0.05) is 23.3 Å².